The van der Waals surface area contributed by atoms with Crippen LogP contribution < -0.4 is 5.73 Å². The number of hydrogen-bond donors (Lipinski definition) is 3. The zero-order valence-electron chi connectivity index (χ0n) is 14.4. The Balaban J connectivity index is 2.19. The molecule has 0 saturated heterocycles. The van der Waals surface area contributed by atoms with Crippen LogP contribution in [0.25, 0.3) is 21.9 Å². The average molecular weight is 362 g/mol. The summed E-state index contributed by atoms with van der Waals surface area (Å²) in [6.07, 6.45) is 1.50. The molecule has 3 rings (SSSR count). The largest absolute Gasteiger partial charge is 0.388 e. The number of fused-ring (bicyclic) bond motifs is 3. The van der Waals surface area contributed by atoms with Gasteiger partial charge in [-0.15, -0.1) is 0 Å². The summed E-state index contributed by atoms with van der Waals surface area (Å²) in [7, 11) is -3.39. The molecular formula is C17H22N4O3S. The van der Waals surface area contributed by atoms with E-state index in [2.05, 4.69) is 9.97 Å². The number of aromatic amines is 1. The minimum Gasteiger partial charge on any atom is -0.388 e. The Kier molecular flexibility index (Phi) is 4.30. The summed E-state index contributed by atoms with van der Waals surface area (Å²) < 4.78 is 23.8. The topological polar surface area (TPSA) is 122 Å². The van der Waals surface area contributed by atoms with E-state index in [0.717, 1.165) is 17.2 Å². The van der Waals surface area contributed by atoms with Gasteiger partial charge in [0.15, 0.2) is 9.84 Å². The summed E-state index contributed by atoms with van der Waals surface area (Å²) in [4.78, 5) is 12.2. The van der Waals surface area contributed by atoms with Crippen molar-refractivity contribution in [3.63, 3.8) is 0 Å². The number of imidazole rings is 1. The maximum absolute atomic E-state index is 11.9. The minimum absolute atomic E-state index is 0.214. The minimum atomic E-state index is -3.39. The van der Waals surface area contributed by atoms with Crippen LogP contribution in [0.3, 0.4) is 0 Å². The SMILES string of the molecule is CC(C)(Cc1nc2ccccc2c2nc(CO)[nH]c12)C(N)S(C)(=O)=O. The van der Waals surface area contributed by atoms with Crippen LogP contribution in [0.4, 0.5) is 0 Å². The van der Waals surface area contributed by atoms with Crippen molar-refractivity contribution in [2.24, 2.45) is 11.1 Å². The molecule has 0 saturated carbocycles. The molecule has 0 bridgehead atoms. The van der Waals surface area contributed by atoms with E-state index < -0.39 is 20.6 Å². The molecule has 134 valence electrons. The second-order valence-electron chi connectivity index (χ2n) is 7.06. The van der Waals surface area contributed by atoms with Gasteiger partial charge in [-0.2, -0.15) is 0 Å². The van der Waals surface area contributed by atoms with Crippen molar-refractivity contribution < 1.29 is 13.5 Å². The molecule has 0 aliphatic heterocycles. The lowest BCUT2D eigenvalue weighted by molar-refractivity contribution is 0.273. The lowest BCUT2D eigenvalue weighted by Gasteiger charge is -2.30. The average Bonchev–Trinajstić information content (AvgIpc) is 2.98. The van der Waals surface area contributed by atoms with Gasteiger partial charge in [0.2, 0.25) is 0 Å². The third kappa shape index (κ3) is 3.24. The van der Waals surface area contributed by atoms with Gasteiger partial charge in [-0.25, -0.2) is 13.4 Å². The number of aliphatic hydroxyl groups is 1. The summed E-state index contributed by atoms with van der Waals surface area (Å²) in [6, 6.07) is 7.59. The molecule has 4 N–H and O–H groups in total. The van der Waals surface area contributed by atoms with Gasteiger partial charge in [0, 0.05) is 11.6 Å². The first-order valence-corrected chi connectivity index (χ1v) is 9.90. The molecule has 0 fully saturated rings. The highest BCUT2D eigenvalue weighted by molar-refractivity contribution is 7.91. The fourth-order valence-electron chi connectivity index (χ4n) is 3.11. The van der Waals surface area contributed by atoms with Crippen molar-refractivity contribution >= 4 is 31.8 Å². The predicted octanol–water partition coefficient (Wildman–Crippen LogP) is 1.50. The van der Waals surface area contributed by atoms with Gasteiger partial charge in [0.25, 0.3) is 0 Å². The van der Waals surface area contributed by atoms with Crippen molar-refractivity contribution in [1.82, 2.24) is 15.0 Å². The summed E-state index contributed by atoms with van der Waals surface area (Å²) in [5.41, 5.74) is 8.14. The van der Waals surface area contributed by atoms with Gasteiger partial charge in [0.1, 0.15) is 17.8 Å². The molecule has 7 nitrogen and oxygen atoms in total. The Morgan fingerprint density at radius 2 is 1.96 bits per heavy atom. The lowest BCUT2D eigenvalue weighted by atomic mass is 9.87. The second-order valence-corrected chi connectivity index (χ2v) is 9.22. The highest BCUT2D eigenvalue weighted by Crippen LogP contribution is 2.32. The van der Waals surface area contributed by atoms with Crippen LogP contribution in [0.15, 0.2) is 24.3 Å². The summed E-state index contributed by atoms with van der Waals surface area (Å²) in [5.74, 6) is 0.444. The van der Waals surface area contributed by atoms with Crippen molar-refractivity contribution in [2.45, 2.75) is 32.2 Å². The third-order valence-electron chi connectivity index (χ3n) is 4.46. The molecule has 2 aromatic heterocycles. The van der Waals surface area contributed by atoms with Crippen LogP contribution in [0.1, 0.15) is 25.4 Å². The van der Waals surface area contributed by atoms with Gasteiger partial charge in [-0.05, 0) is 17.9 Å². The number of aromatic nitrogens is 3. The smallest absolute Gasteiger partial charge is 0.163 e. The molecular weight excluding hydrogens is 340 g/mol. The fraction of sp³-hybridized carbons (Fsp3) is 0.412. The van der Waals surface area contributed by atoms with Crippen molar-refractivity contribution in [2.75, 3.05) is 6.26 Å². The normalized spacial score (nSPS) is 14.3. The Morgan fingerprint density at radius 3 is 2.60 bits per heavy atom. The van der Waals surface area contributed by atoms with Crippen LogP contribution in [0.2, 0.25) is 0 Å². The number of sulfone groups is 1. The van der Waals surface area contributed by atoms with E-state index in [1.54, 1.807) is 0 Å². The Labute approximate surface area is 146 Å². The van der Waals surface area contributed by atoms with Gasteiger partial charge < -0.3 is 15.8 Å². The lowest BCUT2D eigenvalue weighted by Crippen LogP contribution is -2.44. The Bertz CT molecular complexity index is 1040. The first-order valence-electron chi connectivity index (χ1n) is 7.95. The number of nitrogens with one attached hydrogen (secondary N) is 1. The summed E-state index contributed by atoms with van der Waals surface area (Å²) in [5, 5.41) is 9.28. The first kappa shape index (κ1) is 17.8. The van der Waals surface area contributed by atoms with E-state index in [9.17, 15) is 13.5 Å². The Morgan fingerprint density at radius 1 is 1.28 bits per heavy atom. The third-order valence-corrected chi connectivity index (χ3v) is 6.02. The van der Waals surface area contributed by atoms with Gasteiger partial charge in [0.05, 0.1) is 22.2 Å². The van der Waals surface area contributed by atoms with E-state index in [-0.39, 0.29) is 6.61 Å². The highest BCUT2D eigenvalue weighted by atomic mass is 32.2. The van der Waals surface area contributed by atoms with Gasteiger partial charge in [-0.3, -0.25) is 4.98 Å². The zero-order chi connectivity index (χ0) is 18.4. The number of nitrogens with two attached hydrogens (primary N) is 1. The molecule has 8 heteroatoms. The maximum Gasteiger partial charge on any atom is 0.163 e. The molecule has 1 unspecified atom stereocenters. The molecule has 3 aromatic rings. The van der Waals surface area contributed by atoms with E-state index >= 15 is 0 Å². The number of nitrogens with zero attached hydrogens (tertiary/aromatic N) is 2. The molecule has 1 atom stereocenters. The van der Waals surface area contributed by atoms with Crippen molar-refractivity contribution in [1.29, 1.82) is 0 Å². The van der Waals surface area contributed by atoms with E-state index in [0.29, 0.717) is 29.0 Å². The standard InChI is InChI=1S/C17H22N4O3S/c1-17(2,16(18)25(3,23)24)8-12-15-14(20-13(9-22)21-15)10-6-4-5-7-11(10)19-12/h4-7,16,22H,8-9,18H2,1-3H3,(H,20,21). The zero-order valence-corrected chi connectivity index (χ0v) is 15.3. The van der Waals surface area contributed by atoms with Gasteiger partial charge in [-0.1, -0.05) is 32.0 Å². The number of para-hydroxylation sites is 1. The fourth-order valence-corrected chi connectivity index (χ4v) is 4.36. The molecule has 25 heavy (non-hydrogen) atoms. The summed E-state index contributed by atoms with van der Waals surface area (Å²) >= 11 is 0. The number of H-pyrrole nitrogens is 1. The molecule has 2 heterocycles. The number of pyridine rings is 1. The number of hydrogen-bond acceptors (Lipinski definition) is 6. The first-order chi connectivity index (χ1) is 11.6. The maximum atomic E-state index is 11.9. The Hall–Kier alpha value is -2.03. The van der Waals surface area contributed by atoms with Crippen molar-refractivity contribution in [3.05, 3.63) is 35.8 Å². The number of aliphatic hydroxyl groups excluding tert-OH is 1. The van der Waals surface area contributed by atoms with E-state index in [4.69, 9.17) is 10.7 Å². The monoisotopic (exact) mass is 362 g/mol. The van der Waals surface area contributed by atoms with Crippen molar-refractivity contribution in [3.8, 4) is 0 Å². The summed E-state index contributed by atoms with van der Waals surface area (Å²) in [6.45, 7) is 3.41. The molecule has 0 amide bonds. The van der Waals surface area contributed by atoms with Crippen LogP contribution in [0, 0.1) is 5.41 Å². The number of benzene rings is 1. The molecule has 0 aliphatic rings. The quantitative estimate of drug-likeness (QED) is 0.632. The predicted molar refractivity (Wildman–Crippen MR) is 97.6 cm³/mol. The van der Waals surface area contributed by atoms with Crippen LogP contribution in [-0.4, -0.2) is 40.1 Å². The van der Waals surface area contributed by atoms with Gasteiger partial charge >= 0.3 is 0 Å². The number of rotatable bonds is 5. The highest BCUT2D eigenvalue weighted by Gasteiger charge is 2.35. The molecule has 0 aliphatic carbocycles. The van der Waals surface area contributed by atoms with Crippen LogP contribution in [0.5, 0.6) is 0 Å². The van der Waals surface area contributed by atoms with E-state index in [1.165, 1.54) is 0 Å². The molecule has 0 radical (unpaired) electrons. The van der Waals surface area contributed by atoms with Crippen LogP contribution in [-0.2, 0) is 22.9 Å². The molecule has 0 spiro atoms. The molecule has 1 aromatic carbocycles. The van der Waals surface area contributed by atoms with Crippen LogP contribution >= 0.6 is 0 Å². The van der Waals surface area contributed by atoms with E-state index in [1.807, 2.05) is 38.1 Å². The second kappa shape index (κ2) is 6.05.